The summed E-state index contributed by atoms with van der Waals surface area (Å²) < 4.78 is 0. The average molecular weight is 401 g/mol. The largest absolute Gasteiger partial charge is 0.393 e. The number of carbonyl (C=O) groups is 1. The van der Waals surface area contributed by atoms with Gasteiger partial charge in [0.25, 0.3) is 0 Å². The second kappa shape index (κ2) is 7.79. The summed E-state index contributed by atoms with van der Waals surface area (Å²) in [5.41, 5.74) is 3.97. The van der Waals surface area contributed by atoms with E-state index in [9.17, 15) is 20.1 Å². The highest BCUT2D eigenvalue weighted by Gasteiger charge is 2.53. The van der Waals surface area contributed by atoms with Crippen LogP contribution in [-0.4, -0.2) is 39.4 Å². The topological polar surface area (TPSA) is 77.8 Å². The minimum atomic E-state index is -0.827. The predicted molar refractivity (Wildman–Crippen MR) is 113 cm³/mol. The Bertz CT molecular complexity index is 761. The summed E-state index contributed by atoms with van der Waals surface area (Å²) in [4.78, 5) is 13.0. The van der Waals surface area contributed by atoms with Crippen LogP contribution < -0.4 is 0 Å². The van der Waals surface area contributed by atoms with Crippen LogP contribution in [-0.2, 0) is 4.79 Å². The lowest BCUT2D eigenvalue weighted by Gasteiger charge is -2.46. The molecule has 0 amide bonds. The SMILES string of the molecule is C/C(=C\[C@H](O)[C@H](C)O)[C@@H]1CC[C@@H]2C3=CC(=O)[C@H]4CC(=CC[C@H](O)C4)[C@@H]3CC[C@@]21C. The van der Waals surface area contributed by atoms with E-state index in [0.29, 0.717) is 30.6 Å². The first-order valence-electron chi connectivity index (χ1n) is 11.4. The van der Waals surface area contributed by atoms with Crippen molar-refractivity contribution in [2.45, 2.75) is 84.0 Å². The summed E-state index contributed by atoms with van der Waals surface area (Å²) >= 11 is 0. The number of fused-ring (bicyclic) bond motifs is 6. The summed E-state index contributed by atoms with van der Waals surface area (Å²) in [6.45, 7) is 6.07. The molecule has 4 heteroatoms. The number of aliphatic hydroxyl groups is 3. The zero-order valence-corrected chi connectivity index (χ0v) is 18.0. The number of allylic oxidation sites excluding steroid dienone is 4. The molecule has 0 aromatic heterocycles. The molecule has 0 saturated heterocycles. The van der Waals surface area contributed by atoms with Crippen molar-refractivity contribution in [2.75, 3.05) is 0 Å². The van der Waals surface area contributed by atoms with Gasteiger partial charge >= 0.3 is 0 Å². The third-order valence-corrected chi connectivity index (χ3v) is 8.44. The van der Waals surface area contributed by atoms with Crippen molar-refractivity contribution < 1.29 is 20.1 Å². The second-order valence-corrected chi connectivity index (χ2v) is 10.3. The van der Waals surface area contributed by atoms with Gasteiger partial charge < -0.3 is 15.3 Å². The van der Waals surface area contributed by atoms with E-state index in [0.717, 1.165) is 32.1 Å². The van der Waals surface area contributed by atoms with Gasteiger partial charge in [0.2, 0.25) is 0 Å². The number of rotatable bonds is 3. The van der Waals surface area contributed by atoms with Crippen molar-refractivity contribution in [3.63, 3.8) is 0 Å². The highest BCUT2D eigenvalue weighted by Crippen LogP contribution is 2.62. The van der Waals surface area contributed by atoms with E-state index in [1.165, 1.54) is 16.7 Å². The summed E-state index contributed by atoms with van der Waals surface area (Å²) in [5, 5.41) is 30.0. The van der Waals surface area contributed by atoms with Crippen LogP contribution in [0.15, 0.2) is 34.9 Å². The van der Waals surface area contributed by atoms with Gasteiger partial charge in [0.1, 0.15) is 0 Å². The maximum atomic E-state index is 13.0. The third-order valence-electron chi connectivity index (χ3n) is 8.44. The van der Waals surface area contributed by atoms with Crippen LogP contribution >= 0.6 is 0 Å². The minimum Gasteiger partial charge on any atom is -0.393 e. The molecule has 0 heterocycles. The highest BCUT2D eigenvalue weighted by atomic mass is 16.3. The first-order valence-corrected chi connectivity index (χ1v) is 11.4. The van der Waals surface area contributed by atoms with E-state index < -0.39 is 18.3 Å². The zero-order valence-electron chi connectivity index (χ0n) is 18.0. The lowest BCUT2D eigenvalue weighted by atomic mass is 9.58. The lowest BCUT2D eigenvalue weighted by molar-refractivity contribution is -0.119. The molecule has 4 rings (SSSR count). The number of carbonyl (C=O) groups excluding carboxylic acids is 1. The minimum absolute atomic E-state index is 0.0665. The molecule has 8 atom stereocenters. The summed E-state index contributed by atoms with van der Waals surface area (Å²) in [5.74, 6) is 1.27. The van der Waals surface area contributed by atoms with Crippen molar-refractivity contribution in [3.05, 3.63) is 34.9 Å². The van der Waals surface area contributed by atoms with Crippen LogP contribution in [0.3, 0.4) is 0 Å². The van der Waals surface area contributed by atoms with Crippen molar-refractivity contribution in [2.24, 2.45) is 29.1 Å². The van der Waals surface area contributed by atoms with Gasteiger partial charge in [-0.2, -0.15) is 0 Å². The molecule has 4 aliphatic rings. The molecular formula is C25H36O4. The number of hydrogen-bond donors (Lipinski definition) is 3. The molecule has 4 nitrogen and oxygen atoms in total. The molecule has 2 bridgehead atoms. The van der Waals surface area contributed by atoms with Crippen LogP contribution in [0.2, 0.25) is 0 Å². The third kappa shape index (κ3) is 3.68. The Balaban J connectivity index is 1.66. The van der Waals surface area contributed by atoms with E-state index in [1.807, 2.05) is 12.2 Å². The Kier molecular flexibility index (Phi) is 5.65. The molecule has 0 spiro atoms. The predicted octanol–water partition coefficient (Wildman–Crippen LogP) is 3.71. The molecule has 0 aliphatic heterocycles. The molecule has 4 aliphatic carbocycles. The standard InChI is InChI=1S/C25H36O4/c1-14(10-23(28)15(2)26)21-6-7-22-20-13-24(29)17-11-16(4-5-18(27)12-17)19(20)8-9-25(21,22)3/h4,10,13,15,17-19,21-23,26-28H,5-9,11-12H2,1-3H3/b14-10+/t15-,17-,18-,19-,21-,22+,23-,25+/m0/s1. The Morgan fingerprint density at radius 2 is 2.03 bits per heavy atom. The fourth-order valence-electron chi connectivity index (χ4n) is 6.82. The van der Waals surface area contributed by atoms with Gasteiger partial charge in [-0.25, -0.2) is 0 Å². The van der Waals surface area contributed by atoms with Gasteiger partial charge in [-0.15, -0.1) is 0 Å². The Morgan fingerprint density at radius 1 is 1.28 bits per heavy atom. The van der Waals surface area contributed by atoms with E-state index in [-0.39, 0.29) is 17.1 Å². The molecule has 0 aromatic rings. The van der Waals surface area contributed by atoms with E-state index in [4.69, 9.17) is 0 Å². The molecule has 0 unspecified atom stereocenters. The molecule has 0 aromatic carbocycles. The fourth-order valence-corrected chi connectivity index (χ4v) is 6.82. The normalized spacial score (nSPS) is 42.1. The molecular weight excluding hydrogens is 364 g/mol. The molecule has 3 N–H and O–H groups in total. The van der Waals surface area contributed by atoms with E-state index in [1.54, 1.807) is 6.92 Å². The van der Waals surface area contributed by atoms with Crippen LogP contribution in [0.1, 0.15) is 65.7 Å². The van der Waals surface area contributed by atoms with Gasteiger partial charge in [-0.05, 0) is 82.1 Å². The van der Waals surface area contributed by atoms with Gasteiger partial charge in [-0.1, -0.05) is 35.8 Å². The Labute approximate surface area is 174 Å². The maximum absolute atomic E-state index is 13.0. The van der Waals surface area contributed by atoms with Crippen molar-refractivity contribution in [1.82, 2.24) is 0 Å². The summed E-state index contributed by atoms with van der Waals surface area (Å²) in [6, 6.07) is 0. The number of ketones is 1. The molecule has 0 radical (unpaired) electrons. The van der Waals surface area contributed by atoms with Gasteiger partial charge in [0.15, 0.2) is 5.78 Å². The quantitative estimate of drug-likeness (QED) is 0.631. The lowest BCUT2D eigenvalue weighted by Crippen LogP contribution is -2.37. The van der Waals surface area contributed by atoms with Crippen molar-refractivity contribution in [3.8, 4) is 0 Å². The van der Waals surface area contributed by atoms with Crippen LogP contribution in [0.5, 0.6) is 0 Å². The van der Waals surface area contributed by atoms with Crippen molar-refractivity contribution >= 4 is 5.78 Å². The van der Waals surface area contributed by atoms with E-state index in [2.05, 4.69) is 19.9 Å². The van der Waals surface area contributed by atoms with Crippen LogP contribution in [0.4, 0.5) is 0 Å². The van der Waals surface area contributed by atoms with E-state index >= 15 is 0 Å². The zero-order chi connectivity index (χ0) is 20.9. The smallest absolute Gasteiger partial charge is 0.159 e. The summed E-state index contributed by atoms with van der Waals surface area (Å²) in [7, 11) is 0. The van der Waals surface area contributed by atoms with Crippen LogP contribution in [0, 0.1) is 29.1 Å². The van der Waals surface area contributed by atoms with Crippen molar-refractivity contribution in [1.29, 1.82) is 0 Å². The second-order valence-electron chi connectivity index (χ2n) is 10.3. The van der Waals surface area contributed by atoms with Crippen LogP contribution in [0.25, 0.3) is 0 Å². The molecule has 2 saturated carbocycles. The highest BCUT2D eigenvalue weighted by molar-refractivity contribution is 5.93. The average Bonchev–Trinajstić information content (AvgIpc) is 2.80. The monoisotopic (exact) mass is 400 g/mol. The summed E-state index contributed by atoms with van der Waals surface area (Å²) in [6.07, 6.45) is 10.4. The van der Waals surface area contributed by atoms with Gasteiger partial charge in [-0.3, -0.25) is 4.79 Å². The maximum Gasteiger partial charge on any atom is 0.159 e. The molecule has 160 valence electrons. The Morgan fingerprint density at radius 3 is 2.76 bits per heavy atom. The molecule has 2 fully saturated rings. The molecule has 29 heavy (non-hydrogen) atoms. The number of aliphatic hydroxyl groups excluding tert-OH is 3. The van der Waals surface area contributed by atoms with Gasteiger partial charge in [0.05, 0.1) is 18.3 Å². The first kappa shape index (κ1) is 21.0. The Hall–Kier alpha value is -1.23. The van der Waals surface area contributed by atoms with Gasteiger partial charge in [0, 0.05) is 11.8 Å². The fraction of sp³-hybridized carbons (Fsp3) is 0.720. The first-order chi connectivity index (χ1) is 13.7. The number of hydrogen-bond acceptors (Lipinski definition) is 4.